The number of hydrogen-bond donors (Lipinski definition) is 2. The van der Waals surface area contributed by atoms with Crippen molar-refractivity contribution in [2.24, 2.45) is 0 Å². The topological polar surface area (TPSA) is 74.6 Å². The van der Waals surface area contributed by atoms with Gasteiger partial charge in [-0.25, -0.2) is 9.59 Å². The first-order chi connectivity index (χ1) is 10.5. The van der Waals surface area contributed by atoms with Gasteiger partial charge in [-0.3, -0.25) is 0 Å². The molecule has 2 rings (SSSR count). The molecule has 0 spiro atoms. The summed E-state index contributed by atoms with van der Waals surface area (Å²) in [6, 6.07) is 7.84. The summed E-state index contributed by atoms with van der Waals surface area (Å²) >= 11 is 0. The van der Waals surface area contributed by atoms with Gasteiger partial charge in [-0.2, -0.15) is 0 Å². The second kappa shape index (κ2) is 7.25. The van der Waals surface area contributed by atoms with Crippen LogP contribution in [0.3, 0.4) is 0 Å². The van der Waals surface area contributed by atoms with Crippen LogP contribution >= 0.6 is 0 Å². The van der Waals surface area contributed by atoms with Crippen molar-refractivity contribution >= 4 is 11.9 Å². The molecule has 0 amide bonds. The third kappa shape index (κ3) is 3.75. The van der Waals surface area contributed by atoms with Crippen LogP contribution in [0.1, 0.15) is 56.1 Å². The quantitative estimate of drug-likeness (QED) is 0.812. The number of carboxylic acid groups (broad SMARTS) is 2. The van der Waals surface area contributed by atoms with Crippen molar-refractivity contribution in [2.75, 3.05) is 0 Å². The van der Waals surface area contributed by atoms with E-state index in [1.807, 2.05) is 18.2 Å². The predicted octanol–water partition coefficient (Wildman–Crippen LogP) is 3.76. The van der Waals surface area contributed by atoms with Crippen molar-refractivity contribution in [3.05, 3.63) is 46.5 Å². The fraction of sp³-hybridized carbons (Fsp3) is 0.444. The second-order valence-corrected chi connectivity index (χ2v) is 5.92. The van der Waals surface area contributed by atoms with Gasteiger partial charge in [-0.1, -0.05) is 43.5 Å². The maximum atomic E-state index is 11.4. The minimum absolute atomic E-state index is 0.0317. The Hall–Kier alpha value is -2.10. The summed E-state index contributed by atoms with van der Waals surface area (Å²) in [6.45, 7) is 1.36. The van der Waals surface area contributed by atoms with E-state index in [1.54, 1.807) is 0 Å². The predicted molar refractivity (Wildman–Crippen MR) is 83.9 cm³/mol. The van der Waals surface area contributed by atoms with Gasteiger partial charge in [0.15, 0.2) is 0 Å². The number of benzene rings is 1. The van der Waals surface area contributed by atoms with Gasteiger partial charge in [0.1, 0.15) is 0 Å². The number of carboxylic acids is 2. The van der Waals surface area contributed by atoms with Gasteiger partial charge in [0.05, 0.1) is 5.57 Å². The van der Waals surface area contributed by atoms with Gasteiger partial charge in [-0.15, -0.1) is 0 Å². The number of aliphatic carboxylic acids is 2. The highest BCUT2D eigenvalue weighted by Gasteiger charge is 2.22. The molecule has 1 aromatic rings. The molecule has 118 valence electrons. The Kier molecular flexibility index (Phi) is 5.36. The molecular weight excluding hydrogens is 280 g/mol. The molecule has 0 aliphatic heterocycles. The summed E-state index contributed by atoms with van der Waals surface area (Å²) in [5.41, 5.74) is 1.99. The van der Waals surface area contributed by atoms with Crippen LogP contribution in [0.15, 0.2) is 35.4 Å². The van der Waals surface area contributed by atoms with Gasteiger partial charge in [0.25, 0.3) is 0 Å². The van der Waals surface area contributed by atoms with Crippen molar-refractivity contribution in [3.63, 3.8) is 0 Å². The maximum absolute atomic E-state index is 11.4. The Balaban J connectivity index is 2.34. The first-order valence-corrected chi connectivity index (χ1v) is 7.75. The molecule has 22 heavy (non-hydrogen) atoms. The Morgan fingerprint density at radius 3 is 2.27 bits per heavy atom. The first-order valence-electron chi connectivity index (χ1n) is 7.75. The summed E-state index contributed by atoms with van der Waals surface area (Å²) in [5, 5.41) is 18.4. The minimum atomic E-state index is -1.17. The lowest BCUT2D eigenvalue weighted by molar-refractivity contribution is -0.136. The SMILES string of the molecule is C/C(C(=O)O)=C(\Cc1ccccc1C1CCCCC1)C(=O)O. The second-order valence-electron chi connectivity index (χ2n) is 5.92. The Labute approximate surface area is 130 Å². The normalized spacial score (nSPS) is 17.0. The van der Waals surface area contributed by atoms with E-state index in [0.717, 1.165) is 18.4 Å². The average molecular weight is 302 g/mol. The fourth-order valence-corrected chi connectivity index (χ4v) is 3.20. The molecule has 1 fully saturated rings. The number of rotatable bonds is 5. The van der Waals surface area contributed by atoms with E-state index in [-0.39, 0.29) is 17.6 Å². The smallest absolute Gasteiger partial charge is 0.332 e. The largest absolute Gasteiger partial charge is 0.478 e. The molecule has 1 aromatic carbocycles. The monoisotopic (exact) mass is 302 g/mol. The molecule has 0 atom stereocenters. The highest BCUT2D eigenvalue weighted by molar-refractivity contribution is 5.98. The van der Waals surface area contributed by atoms with Crippen LogP contribution in [-0.2, 0) is 16.0 Å². The van der Waals surface area contributed by atoms with Gasteiger partial charge < -0.3 is 10.2 Å². The van der Waals surface area contributed by atoms with Crippen molar-refractivity contribution in [3.8, 4) is 0 Å². The number of hydrogen-bond acceptors (Lipinski definition) is 2. The molecule has 0 bridgehead atoms. The molecule has 0 unspecified atom stereocenters. The molecule has 1 aliphatic carbocycles. The van der Waals surface area contributed by atoms with Crippen LogP contribution in [0.4, 0.5) is 0 Å². The molecule has 1 saturated carbocycles. The molecule has 0 saturated heterocycles. The van der Waals surface area contributed by atoms with Crippen LogP contribution in [0.25, 0.3) is 0 Å². The van der Waals surface area contributed by atoms with E-state index in [1.165, 1.54) is 31.7 Å². The van der Waals surface area contributed by atoms with Crippen LogP contribution < -0.4 is 0 Å². The summed E-state index contributed by atoms with van der Waals surface area (Å²) in [5.74, 6) is -1.86. The highest BCUT2D eigenvalue weighted by atomic mass is 16.4. The van der Waals surface area contributed by atoms with Gasteiger partial charge >= 0.3 is 11.9 Å². The first kappa shape index (κ1) is 16.3. The molecule has 1 aliphatic rings. The van der Waals surface area contributed by atoms with Crippen molar-refractivity contribution < 1.29 is 19.8 Å². The molecule has 0 radical (unpaired) electrons. The summed E-state index contributed by atoms with van der Waals surface area (Å²) in [7, 11) is 0. The lowest BCUT2D eigenvalue weighted by Gasteiger charge is -2.24. The van der Waals surface area contributed by atoms with Crippen LogP contribution in [0, 0.1) is 0 Å². The van der Waals surface area contributed by atoms with E-state index < -0.39 is 11.9 Å². The van der Waals surface area contributed by atoms with E-state index >= 15 is 0 Å². The third-order valence-electron chi connectivity index (χ3n) is 4.50. The van der Waals surface area contributed by atoms with Gasteiger partial charge in [-0.05, 0) is 36.8 Å². The Morgan fingerprint density at radius 1 is 1.05 bits per heavy atom. The zero-order valence-electron chi connectivity index (χ0n) is 12.8. The van der Waals surface area contributed by atoms with E-state index in [9.17, 15) is 14.7 Å². The van der Waals surface area contributed by atoms with Gasteiger partial charge in [0, 0.05) is 12.0 Å². The molecule has 4 heteroatoms. The summed E-state index contributed by atoms with van der Waals surface area (Å²) in [6.07, 6.45) is 6.09. The zero-order chi connectivity index (χ0) is 16.1. The zero-order valence-corrected chi connectivity index (χ0v) is 12.8. The van der Waals surface area contributed by atoms with Crippen molar-refractivity contribution in [1.29, 1.82) is 0 Å². The molecule has 4 nitrogen and oxygen atoms in total. The standard InChI is InChI=1S/C18H22O4/c1-12(17(19)20)16(18(21)22)11-14-9-5-6-10-15(14)13-7-3-2-4-8-13/h5-6,9-10,13H,2-4,7-8,11H2,1H3,(H,19,20)(H,21,22)/b16-12-. The van der Waals surface area contributed by atoms with Gasteiger partial charge in [0.2, 0.25) is 0 Å². The average Bonchev–Trinajstić information content (AvgIpc) is 2.52. The van der Waals surface area contributed by atoms with Crippen LogP contribution in [0.2, 0.25) is 0 Å². The van der Waals surface area contributed by atoms with Crippen molar-refractivity contribution in [1.82, 2.24) is 0 Å². The van der Waals surface area contributed by atoms with E-state index in [4.69, 9.17) is 5.11 Å². The molecular formula is C18H22O4. The third-order valence-corrected chi connectivity index (χ3v) is 4.50. The number of carbonyl (C=O) groups is 2. The summed E-state index contributed by atoms with van der Waals surface area (Å²) < 4.78 is 0. The van der Waals surface area contributed by atoms with E-state index in [2.05, 4.69) is 6.07 Å². The lowest BCUT2D eigenvalue weighted by Crippen LogP contribution is -2.14. The Bertz CT molecular complexity index is 595. The Morgan fingerprint density at radius 2 is 1.68 bits per heavy atom. The summed E-state index contributed by atoms with van der Waals surface area (Å²) in [4.78, 5) is 22.5. The van der Waals surface area contributed by atoms with E-state index in [0.29, 0.717) is 5.92 Å². The fourth-order valence-electron chi connectivity index (χ4n) is 3.20. The van der Waals surface area contributed by atoms with Crippen molar-refractivity contribution in [2.45, 2.75) is 51.4 Å². The molecule has 0 heterocycles. The molecule has 2 N–H and O–H groups in total. The van der Waals surface area contributed by atoms with Crippen LogP contribution in [-0.4, -0.2) is 22.2 Å². The maximum Gasteiger partial charge on any atom is 0.332 e. The van der Waals surface area contributed by atoms with Crippen LogP contribution in [0.5, 0.6) is 0 Å². The highest BCUT2D eigenvalue weighted by Crippen LogP contribution is 2.35. The lowest BCUT2D eigenvalue weighted by atomic mass is 9.81. The molecule has 0 aromatic heterocycles. The minimum Gasteiger partial charge on any atom is -0.478 e.